The van der Waals surface area contributed by atoms with Crippen LogP contribution in [0.5, 0.6) is 0 Å². The predicted molar refractivity (Wildman–Crippen MR) is 94.0 cm³/mol. The lowest BCUT2D eigenvalue weighted by Gasteiger charge is -2.05. The van der Waals surface area contributed by atoms with Gasteiger partial charge >= 0.3 is 17.8 Å². The maximum atomic E-state index is 11.8. The topological polar surface area (TPSA) is 130 Å². The number of carbonyl (C=O) groups excluding carboxylic acids is 1. The van der Waals surface area contributed by atoms with E-state index in [-0.39, 0.29) is 29.2 Å². The van der Waals surface area contributed by atoms with Crippen molar-refractivity contribution in [3.8, 4) is 11.8 Å². The maximum absolute atomic E-state index is 11.8. The number of nitrogens with one attached hydrogen (secondary N) is 1. The second kappa shape index (κ2) is 8.38. The summed E-state index contributed by atoms with van der Waals surface area (Å²) in [6, 6.07) is 9.86. The monoisotopic (exact) mass is 360 g/mol. The largest absolute Gasteiger partial charge is 0.478 e. The van der Waals surface area contributed by atoms with Crippen molar-refractivity contribution in [1.29, 1.82) is 0 Å². The molecule has 0 fully saturated rings. The maximum Gasteiger partial charge on any atom is 0.335 e. The van der Waals surface area contributed by atoms with E-state index in [1.54, 1.807) is 24.3 Å². The van der Waals surface area contributed by atoms with E-state index in [2.05, 4.69) is 17.2 Å². The second-order valence-electron chi connectivity index (χ2n) is 4.74. The molecule has 1 amide bonds. The molecule has 0 aromatic heterocycles. The third kappa shape index (κ3) is 5.57. The lowest BCUT2D eigenvalue weighted by molar-refractivity contribution is -0.111. The van der Waals surface area contributed by atoms with Crippen molar-refractivity contribution in [3.05, 3.63) is 59.2 Å². The van der Waals surface area contributed by atoms with Crippen LogP contribution >= 0.6 is 12.4 Å². The number of anilines is 2. The zero-order valence-electron chi connectivity index (χ0n) is 12.6. The van der Waals surface area contributed by atoms with E-state index in [0.717, 1.165) is 18.2 Å². The lowest BCUT2D eigenvalue weighted by Crippen LogP contribution is -2.11. The van der Waals surface area contributed by atoms with Crippen molar-refractivity contribution < 1.29 is 24.6 Å². The fourth-order valence-corrected chi connectivity index (χ4v) is 1.80. The third-order valence-electron chi connectivity index (χ3n) is 2.92. The van der Waals surface area contributed by atoms with Crippen LogP contribution in [-0.2, 0) is 4.79 Å². The molecule has 0 saturated carbocycles. The average molecular weight is 361 g/mol. The van der Waals surface area contributed by atoms with Gasteiger partial charge in [-0.1, -0.05) is 5.92 Å². The van der Waals surface area contributed by atoms with Gasteiger partial charge in [0.05, 0.1) is 11.1 Å². The molecule has 0 spiro atoms. The van der Waals surface area contributed by atoms with Gasteiger partial charge in [0.15, 0.2) is 0 Å². The van der Waals surface area contributed by atoms with E-state index in [1.807, 2.05) is 0 Å². The summed E-state index contributed by atoms with van der Waals surface area (Å²) in [6.07, 6.45) is 0. The smallest absolute Gasteiger partial charge is 0.335 e. The van der Waals surface area contributed by atoms with Gasteiger partial charge in [0, 0.05) is 22.9 Å². The Kier molecular flexibility index (Phi) is 6.55. The van der Waals surface area contributed by atoms with E-state index in [0.29, 0.717) is 11.3 Å². The number of hydrogen-bond donors (Lipinski definition) is 4. The zero-order chi connectivity index (χ0) is 17.7. The first kappa shape index (κ1) is 19.5. The second-order valence-corrected chi connectivity index (χ2v) is 4.74. The van der Waals surface area contributed by atoms with Gasteiger partial charge in [-0.25, -0.2) is 9.59 Å². The molecule has 128 valence electrons. The highest BCUT2D eigenvalue weighted by Gasteiger charge is 2.12. The number of carboxylic acids is 2. The minimum absolute atomic E-state index is 0. The SMILES string of the molecule is Cl.Nc1ccc(C#CC(=O)Nc2cc(C(=O)O)cc(C(=O)O)c2)cc1. The van der Waals surface area contributed by atoms with Crippen molar-refractivity contribution in [2.24, 2.45) is 0 Å². The number of nitrogens with two attached hydrogens (primary N) is 1. The first-order valence-electron chi connectivity index (χ1n) is 6.65. The van der Waals surface area contributed by atoms with Gasteiger partial charge in [0.2, 0.25) is 0 Å². The highest BCUT2D eigenvalue weighted by Crippen LogP contribution is 2.15. The number of benzene rings is 2. The molecule has 5 N–H and O–H groups in total. The van der Waals surface area contributed by atoms with Crippen LogP contribution in [0.15, 0.2) is 42.5 Å². The molecular weight excluding hydrogens is 348 g/mol. The van der Waals surface area contributed by atoms with E-state index in [9.17, 15) is 14.4 Å². The Balaban J connectivity index is 0.00000312. The molecule has 25 heavy (non-hydrogen) atoms. The Morgan fingerprint density at radius 2 is 1.44 bits per heavy atom. The van der Waals surface area contributed by atoms with Gasteiger partial charge in [-0.3, -0.25) is 4.79 Å². The standard InChI is InChI=1S/C17H12N2O5.ClH/c18-13-4-1-10(2-5-13)3-6-15(20)19-14-8-11(16(21)22)7-12(9-14)17(23)24;/h1-2,4-5,7-9H,18H2,(H,19,20)(H,21,22)(H,23,24);1H. The Hall–Kier alpha value is -3.50. The van der Waals surface area contributed by atoms with Crippen LogP contribution < -0.4 is 11.1 Å². The molecule has 2 aromatic carbocycles. The highest BCUT2D eigenvalue weighted by molar-refractivity contribution is 6.05. The minimum atomic E-state index is -1.30. The number of hydrogen-bond acceptors (Lipinski definition) is 4. The Morgan fingerprint density at radius 1 is 0.920 bits per heavy atom. The number of nitrogen functional groups attached to an aromatic ring is 1. The van der Waals surface area contributed by atoms with Crippen LogP contribution in [0.25, 0.3) is 0 Å². The molecule has 0 aliphatic rings. The molecule has 0 aliphatic heterocycles. The fourth-order valence-electron chi connectivity index (χ4n) is 1.80. The molecular formula is C17H13ClN2O5. The summed E-state index contributed by atoms with van der Waals surface area (Å²) in [4.78, 5) is 33.8. The molecule has 0 saturated heterocycles. The van der Waals surface area contributed by atoms with Crippen LogP contribution in [0.3, 0.4) is 0 Å². The highest BCUT2D eigenvalue weighted by atomic mass is 35.5. The molecule has 0 heterocycles. The summed E-state index contributed by atoms with van der Waals surface area (Å²) >= 11 is 0. The molecule has 8 heteroatoms. The molecule has 7 nitrogen and oxygen atoms in total. The van der Waals surface area contributed by atoms with Gasteiger partial charge in [0.25, 0.3) is 0 Å². The van der Waals surface area contributed by atoms with E-state index < -0.39 is 17.8 Å². The van der Waals surface area contributed by atoms with Crippen molar-refractivity contribution in [3.63, 3.8) is 0 Å². The predicted octanol–water partition coefficient (Wildman–Crippen LogP) is 2.08. The van der Waals surface area contributed by atoms with E-state index in [1.165, 1.54) is 0 Å². The molecule has 0 aliphatic carbocycles. The van der Waals surface area contributed by atoms with Crippen LogP contribution in [0.1, 0.15) is 26.3 Å². The molecule has 0 atom stereocenters. The Bertz CT molecular complexity index is 850. The number of carbonyl (C=O) groups is 3. The number of amides is 1. The normalized spacial score (nSPS) is 9.12. The number of rotatable bonds is 3. The van der Waals surface area contributed by atoms with E-state index in [4.69, 9.17) is 15.9 Å². The van der Waals surface area contributed by atoms with Crippen molar-refractivity contribution in [1.82, 2.24) is 0 Å². The summed E-state index contributed by atoms with van der Waals surface area (Å²) in [5, 5.41) is 20.3. The van der Waals surface area contributed by atoms with Gasteiger partial charge < -0.3 is 21.3 Å². The van der Waals surface area contributed by atoms with E-state index >= 15 is 0 Å². The molecule has 0 radical (unpaired) electrons. The average Bonchev–Trinajstić information content (AvgIpc) is 2.54. The van der Waals surface area contributed by atoms with Crippen molar-refractivity contribution in [2.75, 3.05) is 11.1 Å². The number of carboxylic acid groups (broad SMARTS) is 2. The van der Waals surface area contributed by atoms with Gasteiger partial charge in [-0.2, -0.15) is 0 Å². The fraction of sp³-hybridized carbons (Fsp3) is 0. The molecule has 0 unspecified atom stereocenters. The lowest BCUT2D eigenvalue weighted by atomic mass is 10.1. The number of aromatic carboxylic acids is 2. The zero-order valence-corrected chi connectivity index (χ0v) is 13.5. The molecule has 0 bridgehead atoms. The summed E-state index contributed by atoms with van der Waals surface area (Å²) in [6.45, 7) is 0. The van der Waals surface area contributed by atoms with Gasteiger partial charge in [-0.05, 0) is 42.5 Å². The summed E-state index contributed by atoms with van der Waals surface area (Å²) in [5.74, 6) is 1.63. The molecule has 2 rings (SSSR count). The Morgan fingerprint density at radius 3 is 1.92 bits per heavy atom. The molecule has 2 aromatic rings. The minimum Gasteiger partial charge on any atom is -0.478 e. The summed E-state index contributed by atoms with van der Waals surface area (Å²) in [7, 11) is 0. The quantitative estimate of drug-likeness (QED) is 0.489. The summed E-state index contributed by atoms with van der Waals surface area (Å²) in [5.41, 5.74) is 6.20. The Labute approximate surface area is 148 Å². The first-order valence-corrected chi connectivity index (χ1v) is 6.65. The van der Waals surface area contributed by atoms with Crippen molar-refractivity contribution in [2.45, 2.75) is 0 Å². The van der Waals surface area contributed by atoms with Crippen LogP contribution in [0.4, 0.5) is 11.4 Å². The third-order valence-corrected chi connectivity index (χ3v) is 2.92. The van der Waals surface area contributed by atoms with Crippen LogP contribution in [0.2, 0.25) is 0 Å². The van der Waals surface area contributed by atoms with Crippen molar-refractivity contribution >= 4 is 41.6 Å². The van der Waals surface area contributed by atoms with Gasteiger partial charge in [-0.15, -0.1) is 12.4 Å². The number of halogens is 1. The van der Waals surface area contributed by atoms with Crippen LogP contribution in [0, 0.1) is 11.8 Å². The summed E-state index contributed by atoms with van der Waals surface area (Å²) < 4.78 is 0. The van der Waals surface area contributed by atoms with Crippen LogP contribution in [-0.4, -0.2) is 28.1 Å². The first-order chi connectivity index (χ1) is 11.3. The van der Waals surface area contributed by atoms with Gasteiger partial charge in [0.1, 0.15) is 0 Å².